The van der Waals surface area contributed by atoms with Crippen molar-refractivity contribution < 1.29 is 9.16 Å². The average molecular weight is 295 g/mol. The van der Waals surface area contributed by atoms with Crippen molar-refractivity contribution in [2.75, 3.05) is 13.2 Å². The topological polar surface area (TPSA) is 18.5 Å². The van der Waals surface area contributed by atoms with Crippen molar-refractivity contribution in [1.82, 2.24) is 0 Å². The smallest absolute Gasteiger partial charge is 0.191 e. The standard InChI is InChI=1S/C17H30O2Si/c1-15-10-9-11-16(14-15)18-12-7-8-13-19-20(5,6)17(2,3)4/h9-11,14H,7-8,12-13H2,1-6H3. The molecule has 0 aliphatic rings. The van der Waals surface area contributed by atoms with Crippen molar-refractivity contribution in [3.05, 3.63) is 29.8 Å². The molecule has 1 aromatic carbocycles. The van der Waals surface area contributed by atoms with Crippen LogP contribution in [0.2, 0.25) is 18.1 Å². The van der Waals surface area contributed by atoms with Gasteiger partial charge in [0.2, 0.25) is 0 Å². The number of hydrogen-bond acceptors (Lipinski definition) is 2. The van der Waals surface area contributed by atoms with E-state index in [0.29, 0.717) is 5.04 Å². The Morgan fingerprint density at radius 1 is 1.05 bits per heavy atom. The summed E-state index contributed by atoms with van der Waals surface area (Å²) in [5, 5.41) is 0.297. The number of benzene rings is 1. The van der Waals surface area contributed by atoms with E-state index < -0.39 is 8.32 Å². The van der Waals surface area contributed by atoms with Gasteiger partial charge in [0.15, 0.2) is 8.32 Å². The molecule has 0 saturated heterocycles. The molecule has 1 rings (SSSR count). The summed E-state index contributed by atoms with van der Waals surface area (Å²) in [6.07, 6.45) is 2.11. The highest BCUT2D eigenvalue weighted by atomic mass is 28.4. The molecule has 20 heavy (non-hydrogen) atoms. The lowest BCUT2D eigenvalue weighted by Gasteiger charge is -2.36. The largest absolute Gasteiger partial charge is 0.494 e. The van der Waals surface area contributed by atoms with Gasteiger partial charge in [-0.1, -0.05) is 32.9 Å². The average Bonchev–Trinajstić information content (AvgIpc) is 2.32. The number of ether oxygens (including phenoxy) is 1. The number of unbranched alkanes of at least 4 members (excludes halogenated alkanes) is 1. The number of aryl methyl sites for hydroxylation is 1. The second-order valence-corrected chi connectivity index (χ2v) is 11.8. The van der Waals surface area contributed by atoms with E-state index in [1.165, 1.54) is 5.56 Å². The summed E-state index contributed by atoms with van der Waals surface area (Å²) >= 11 is 0. The summed E-state index contributed by atoms with van der Waals surface area (Å²) in [6, 6.07) is 8.20. The third-order valence-electron chi connectivity index (χ3n) is 4.07. The maximum absolute atomic E-state index is 6.15. The fraction of sp³-hybridized carbons (Fsp3) is 0.647. The molecular formula is C17H30O2Si. The van der Waals surface area contributed by atoms with Crippen LogP contribution in [0.25, 0.3) is 0 Å². The van der Waals surface area contributed by atoms with Crippen molar-refractivity contribution in [2.45, 2.75) is 58.7 Å². The van der Waals surface area contributed by atoms with Crippen molar-refractivity contribution in [3.8, 4) is 5.75 Å². The Morgan fingerprint density at radius 2 is 1.70 bits per heavy atom. The van der Waals surface area contributed by atoms with Crippen molar-refractivity contribution >= 4 is 8.32 Å². The molecule has 0 unspecified atom stereocenters. The van der Waals surface area contributed by atoms with Gasteiger partial charge in [0.05, 0.1) is 6.61 Å². The van der Waals surface area contributed by atoms with Gasteiger partial charge in [-0.3, -0.25) is 0 Å². The fourth-order valence-corrected chi connectivity index (χ4v) is 2.73. The molecule has 2 nitrogen and oxygen atoms in total. The van der Waals surface area contributed by atoms with Crippen LogP contribution in [-0.4, -0.2) is 21.5 Å². The third kappa shape index (κ3) is 5.67. The second-order valence-electron chi connectivity index (χ2n) is 6.98. The highest BCUT2D eigenvalue weighted by Gasteiger charge is 2.36. The summed E-state index contributed by atoms with van der Waals surface area (Å²) in [4.78, 5) is 0. The lowest BCUT2D eigenvalue weighted by atomic mass is 10.2. The molecule has 0 aliphatic carbocycles. The zero-order chi connectivity index (χ0) is 15.2. The molecule has 0 aromatic heterocycles. The van der Waals surface area contributed by atoms with Gasteiger partial charge in [-0.25, -0.2) is 0 Å². The Balaban J connectivity index is 2.17. The molecule has 3 heteroatoms. The van der Waals surface area contributed by atoms with Gasteiger partial charge in [-0.15, -0.1) is 0 Å². The van der Waals surface area contributed by atoms with Crippen LogP contribution in [0.3, 0.4) is 0 Å². The molecule has 0 aliphatic heterocycles. The second kappa shape index (κ2) is 7.28. The molecule has 0 bridgehead atoms. The first-order valence-electron chi connectivity index (χ1n) is 7.56. The first-order chi connectivity index (χ1) is 9.22. The van der Waals surface area contributed by atoms with Crippen molar-refractivity contribution in [3.63, 3.8) is 0 Å². The van der Waals surface area contributed by atoms with Crippen LogP contribution in [0.5, 0.6) is 5.75 Å². The van der Waals surface area contributed by atoms with Crippen LogP contribution in [0, 0.1) is 6.92 Å². The highest BCUT2D eigenvalue weighted by molar-refractivity contribution is 6.74. The molecule has 1 aromatic rings. The summed E-state index contributed by atoms with van der Waals surface area (Å²) in [7, 11) is -1.58. The van der Waals surface area contributed by atoms with E-state index in [9.17, 15) is 0 Å². The third-order valence-corrected chi connectivity index (χ3v) is 8.60. The van der Waals surface area contributed by atoms with Crippen LogP contribution < -0.4 is 4.74 Å². The maximum Gasteiger partial charge on any atom is 0.191 e. The molecule has 0 amide bonds. The molecule has 0 heterocycles. The predicted octanol–water partition coefficient (Wildman–Crippen LogP) is 5.18. The Labute approximate surface area is 125 Å². The summed E-state index contributed by atoms with van der Waals surface area (Å²) in [5.74, 6) is 0.968. The van der Waals surface area contributed by atoms with E-state index in [1.54, 1.807) is 0 Å². The predicted molar refractivity (Wildman–Crippen MR) is 89.1 cm³/mol. The van der Waals surface area contributed by atoms with Crippen LogP contribution in [-0.2, 0) is 4.43 Å². The SMILES string of the molecule is Cc1cccc(OCCCCO[Si](C)(C)C(C)(C)C)c1. The number of hydrogen-bond donors (Lipinski definition) is 0. The van der Waals surface area contributed by atoms with Gasteiger partial charge >= 0.3 is 0 Å². The van der Waals surface area contributed by atoms with E-state index in [2.05, 4.69) is 52.9 Å². The van der Waals surface area contributed by atoms with E-state index in [1.807, 2.05) is 12.1 Å². The molecule has 0 spiro atoms. The lowest BCUT2D eigenvalue weighted by Crippen LogP contribution is -2.41. The molecule has 0 radical (unpaired) electrons. The normalized spacial score (nSPS) is 12.5. The zero-order valence-corrected chi connectivity index (χ0v) is 15.0. The van der Waals surface area contributed by atoms with E-state index in [4.69, 9.17) is 9.16 Å². The van der Waals surface area contributed by atoms with Gasteiger partial charge in [-0.2, -0.15) is 0 Å². The molecular weight excluding hydrogens is 264 g/mol. The summed E-state index contributed by atoms with van der Waals surface area (Å²) in [6.45, 7) is 15.1. The van der Waals surface area contributed by atoms with E-state index in [-0.39, 0.29) is 0 Å². The maximum atomic E-state index is 6.15. The van der Waals surface area contributed by atoms with Crippen LogP contribution >= 0.6 is 0 Å². The molecule has 0 fully saturated rings. The van der Waals surface area contributed by atoms with E-state index >= 15 is 0 Å². The van der Waals surface area contributed by atoms with Gasteiger partial charge < -0.3 is 9.16 Å². The van der Waals surface area contributed by atoms with E-state index in [0.717, 1.165) is 31.8 Å². The highest BCUT2D eigenvalue weighted by Crippen LogP contribution is 2.36. The number of rotatable bonds is 7. The minimum atomic E-state index is -1.58. The first-order valence-corrected chi connectivity index (χ1v) is 10.5. The van der Waals surface area contributed by atoms with Gasteiger partial charge in [-0.05, 0) is 55.6 Å². The lowest BCUT2D eigenvalue weighted by molar-refractivity contribution is 0.252. The molecule has 0 N–H and O–H groups in total. The summed E-state index contributed by atoms with van der Waals surface area (Å²) < 4.78 is 11.9. The Hall–Kier alpha value is -0.803. The quantitative estimate of drug-likeness (QED) is 0.510. The van der Waals surface area contributed by atoms with Crippen molar-refractivity contribution in [2.24, 2.45) is 0 Å². The Morgan fingerprint density at radius 3 is 2.30 bits per heavy atom. The Bertz CT molecular complexity index is 408. The zero-order valence-electron chi connectivity index (χ0n) is 14.0. The monoisotopic (exact) mass is 294 g/mol. The van der Waals surface area contributed by atoms with Gasteiger partial charge in [0, 0.05) is 6.61 Å². The minimum absolute atomic E-state index is 0.297. The van der Waals surface area contributed by atoms with Gasteiger partial charge in [0.25, 0.3) is 0 Å². The molecule has 0 atom stereocenters. The fourth-order valence-electron chi connectivity index (χ4n) is 1.64. The van der Waals surface area contributed by atoms with Crippen molar-refractivity contribution in [1.29, 1.82) is 0 Å². The molecule has 0 saturated carbocycles. The summed E-state index contributed by atoms with van der Waals surface area (Å²) in [5.41, 5.74) is 1.24. The van der Waals surface area contributed by atoms with Gasteiger partial charge in [0.1, 0.15) is 5.75 Å². The van der Waals surface area contributed by atoms with Crippen LogP contribution in [0.1, 0.15) is 39.2 Å². The molecule has 114 valence electrons. The Kier molecular flexibility index (Phi) is 6.27. The van der Waals surface area contributed by atoms with Crippen LogP contribution in [0.15, 0.2) is 24.3 Å². The minimum Gasteiger partial charge on any atom is -0.494 e. The first kappa shape index (κ1) is 17.2. The van der Waals surface area contributed by atoms with Crippen LogP contribution in [0.4, 0.5) is 0 Å².